The molecule has 0 radical (unpaired) electrons. The summed E-state index contributed by atoms with van der Waals surface area (Å²) in [5, 5.41) is 0. The topological polar surface area (TPSA) is 0 Å². The van der Waals surface area contributed by atoms with Crippen LogP contribution in [0.4, 0.5) is 0 Å². The summed E-state index contributed by atoms with van der Waals surface area (Å²) in [7, 11) is -0.944. The van der Waals surface area contributed by atoms with Gasteiger partial charge in [0.2, 0.25) is 0 Å². The summed E-state index contributed by atoms with van der Waals surface area (Å²) in [6, 6.07) is 0. The number of hydrogen-bond donors (Lipinski definition) is 0. The van der Waals surface area contributed by atoms with Gasteiger partial charge in [0.1, 0.15) is 0 Å². The molecule has 9 unspecified atom stereocenters. The molecule has 10 heterocycles. The first-order valence-electron chi connectivity index (χ1n) is 8.83. The molecule has 0 amide bonds. The molecule has 1 spiro atoms. The summed E-state index contributed by atoms with van der Waals surface area (Å²) in [6.45, 7) is 10.8. The van der Waals surface area contributed by atoms with Crippen LogP contribution in [0.25, 0.3) is 0 Å². The van der Waals surface area contributed by atoms with Gasteiger partial charge in [-0.2, -0.15) is 0 Å². The van der Waals surface area contributed by atoms with Crippen molar-refractivity contribution >= 4 is 8.07 Å². The molecule has 0 aliphatic carbocycles. The van der Waals surface area contributed by atoms with Crippen LogP contribution in [0.1, 0.15) is 20.3 Å². The molecule has 10 aliphatic rings. The average molecular weight is 314 g/mol. The van der Waals surface area contributed by atoms with Crippen molar-refractivity contribution in [3.8, 4) is 0 Å². The first-order valence-corrected chi connectivity index (χ1v) is 18.6. The third-order valence-corrected chi connectivity index (χ3v) is 65.4. The van der Waals surface area contributed by atoms with Gasteiger partial charge in [0.05, 0.1) is 0 Å². The molecule has 0 aromatic carbocycles. The van der Waals surface area contributed by atoms with E-state index < -0.39 is 14.6 Å². The van der Waals surface area contributed by atoms with Crippen LogP contribution in [0.15, 0.2) is 0 Å². The summed E-state index contributed by atoms with van der Waals surface area (Å²) in [4.78, 5) is 12.0. The van der Waals surface area contributed by atoms with Crippen molar-refractivity contribution < 1.29 is 6.51 Å². The van der Waals surface area contributed by atoms with E-state index in [4.69, 9.17) is 0 Å². The van der Waals surface area contributed by atoms with Gasteiger partial charge >= 0.3 is 107 Å². The number of fused-ring (bicyclic) bond motifs is 10. The zero-order valence-electron chi connectivity index (χ0n) is 12.8. The third-order valence-electron chi connectivity index (χ3n) is 17.6. The van der Waals surface area contributed by atoms with Crippen molar-refractivity contribution in [2.24, 2.45) is 0 Å². The minimum atomic E-state index is -2.92. The molecule has 10 saturated heterocycles. The van der Waals surface area contributed by atoms with Crippen LogP contribution in [0.3, 0.4) is 0 Å². The molecule has 0 aromatic heterocycles. The molecule has 10 fully saturated rings. The molecular formula is C17H26FeSi. The van der Waals surface area contributed by atoms with E-state index in [9.17, 15) is 0 Å². The van der Waals surface area contributed by atoms with Crippen LogP contribution >= 0.6 is 0 Å². The van der Waals surface area contributed by atoms with E-state index in [0.29, 0.717) is 0 Å². The van der Waals surface area contributed by atoms with Gasteiger partial charge in [-0.25, -0.2) is 0 Å². The molecule has 0 N–H and O–H groups in total. The Kier molecular flexibility index (Phi) is 0.309. The molecule has 0 nitrogen and oxygen atoms in total. The second-order valence-electron chi connectivity index (χ2n) is 13.5. The van der Waals surface area contributed by atoms with Gasteiger partial charge < -0.3 is 0 Å². The van der Waals surface area contributed by atoms with Crippen LogP contribution < -0.4 is 0 Å². The first kappa shape index (κ1) is 8.39. The normalized spacial score (nSPS) is 115. The van der Waals surface area contributed by atoms with Gasteiger partial charge in [-0.1, -0.05) is 0 Å². The number of rotatable bonds is 3. The monoisotopic (exact) mass is 314 g/mol. The Morgan fingerprint density at radius 1 is 0.947 bits per heavy atom. The van der Waals surface area contributed by atoms with Crippen molar-refractivity contribution in [1.82, 2.24) is 0 Å². The molecule has 0 aromatic rings. The quantitative estimate of drug-likeness (QED) is 0.540. The van der Waals surface area contributed by atoms with Gasteiger partial charge in [-0.05, 0) is 0 Å². The minimum absolute atomic E-state index is 0.944. The van der Waals surface area contributed by atoms with E-state index in [2.05, 4.69) is 33.5 Å². The van der Waals surface area contributed by atoms with Gasteiger partial charge in [-0.15, -0.1) is 0 Å². The summed E-state index contributed by atoms with van der Waals surface area (Å²) >= 11 is 0. The van der Waals surface area contributed by atoms with Crippen LogP contribution in [0.5, 0.6) is 0 Å². The molecule has 0 bridgehead atoms. The van der Waals surface area contributed by atoms with Crippen LogP contribution in [0.2, 0.25) is 72.3 Å². The Bertz CT molecular complexity index is 1050. The fourth-order valence-electron chi connectivity index (χ4n) is 20.4. The molecule has 10 aliphatic heterocycles. The zero-order valence-corrected chi connectivity index (χ0v) is 14.9. The molecule has 19 heavy (non-hydrogen) atoms. The average Bonchev–Trinajstić information content (AvgIpc) is 3.23. The van der Waals surface area contributed by atoms with E-state index in [1.54, 1.807) is 6.42 Å². The molecular weight excluding hydrogens is 288 g/mol. The SMILES string of the molecule is CCC([C]12[CH]3[CH]4[CH]5[CH]1[Fe]45321678[CH]2[CH]1[CH]6[C]7(C)[CH]28)[Si](C)(C)C. The summed E-state index contributed by atoms with van der Waals surface area (Å²) in [5.74, 6) is 0. The number of hydrogen-bond acceptors (Lipinski definition) is 0. The van der Waals surface area contributed by atoms with Crippen LogP contribution in [-0.2, 0) is 6.51 Å². The maximum absolute atomic E-state index is 2.92. The Morgan fingerprint density at radius 2 is 1.42 bits per heavy atom. The molecule has 9 atom stereocenters. The third kappa shape index (κ3) is 0.0906. The second-order valence-corrected chi connectivity index (χ2v) is 42.5. The summed E-state index contributed by atoms with van der Waals surface area (Å²) < 4.78 is 2.30. The van der Waals surface area contributed by atoms with Crippen molar-refractivity contribution in [1.29, 1.82) is 0 Å². The first-order chi connectivity index (χ1) is 8.62. The molecule has 2 heteroatoms. The molecule has 10 rings (SSSR count). The maximum atomic E-state index is 2.90. The molecule has 0 saturated carbocycles. The van der Waals surface area contributed by atoms with Crippen LogP contribution in [0, 0.1) is 0 Å². The van der Waals surface area contributed by atoms with Gasteiger partial charge in [0.25, 0.3) is 0 Å². The van der Waals surface area contributed by atoms with Crippen molar-refractivity contribution in [2.45, 2.75) is 92.6 Å². The Labute approximate surface area is 107 Å². The predicted molar refractivity (Wildman–Crippen MR) is 78.4 cm³/mol. The second kappa shape index (κ2) is 0.700. The van der Waals surface area contributed by atoms with Crippen molar-refractivity contribution in [3.05, 3.63) is 0 Å². The fourth-order valence-corrected chi connectivity index (χ4v) is 106. The van der Waals surface area contributed by atoms with Crippen molar-refractivity contribution in [2.75, 3.05) is 0 Å². The Morgan fingerprint density at radius 3 is 1.58 bits per heavy atom. The van der Waals surface area contributed by atoms with Crippen molar-refractivity contribution in [3.63, 3.8) is 0 Å². The van der Waals surface area contributed by atoms with E-state index in [1.165, 1.54) is 48.4 Å². The van der Waals surface area contributed by atoms with E-state index in [-0.39, 0.29) is 0 Å². The summed E-state index contributed by atoms with van der Waals surface area (Å²) in [5.41, 5.74) is 1.27. The fraction of sp³-hybridized carbons (Fsp3) is 1.00. The van der Waals surface area contributed by atoms with Gasteiger partial charge in [0.15, 0.2) is 0 Å². The summed E-state index contributed by atoms with van der Waals surface area (Å²) in [6.07, 6.45) is 1.57. The Balaban J connectivity index is 1.53. The zero-order chi connectivity index (χ0) is 12.7. The van der Waals surface area contributed by atoms with E-state index in [0.717, 1.165) is 4.31 Å². The standard InChI is InChI=1S/C11H19Si.C6H7.Fe/c1-5-11(12(2,3)4)10-8-6-7-9-10;1-6-4-2-3-5-6;/h6-9,11H,5H2,1-4H3;2-5H,1H3;. The van der Waals surface area contributed by atoms with Crippen LogP contribution in [-0.4, -0.2) is 8.07 Å². The van der Waals surface area contributed by atoms with Gasteiger partial charge in [-0.3, -0.25) is 0 Å². The molecule has 106 valence electrons. The van der Waals surface area contributed by atoms with E-state index >= 15 is 0 Å². The van der Waals surface area contributed by atoms with Gasteiger partial charge in [0, 0.05) is 0 Å². The van der Waals surface area contributed by atoms with E-state index in [1.807, 2.05) is 0 Å². The predicted octanol–water partition coefficient (Wildman–Crippen LogP) is 6.25. The Hall–Kier alpha value is 0.736.